The molecule has 7 heteroatoms. The van der Waals surface area contributed by atoms with E-state index in [1.54, 1.807) is 12.0 Å². The van der Waals surface area contributed by atoms with Gasteiger partial charge in [0.15, 0.2) is 5.96 Å². The van der Waals surface area contributed by atoms with E-state index in [0.29, 0.717) is 13.1 Å². The van der Waals surface area contributed by atoms with E-state index in [4.69, 9.17) is 9.47 Å². The Hall–Kier alpha value is -2.44. The minimum absolute atomic E-state index is 0.230. The minimum Gasteiger partial charge on any atom is -0.497 e. The maximum absolute atomic E-state index is 12.3. The second-order valence-corrected chi connectivity index (χ2v) is 8.32. The Kier molecular flexibility index (Phi) is 6.31. The molecular weight excluding hydrogens is 356 g/mol. The van der Waals surface area contributed by atoms with Crippen LogP contribution in [0.4, 0.5) is 4.79 Å². The highest BCUT2D eigenvalue weighted by Crippen LogP contribution is 2.19. The number of rotatable bonds is 5. The van der Waals surface area contributed by atoms with E-state index in [2.05, 4.69) is 27.3 Å². The van der Waals surface area contributed by atoms with Crippen LogP contribution in [0.1, 0.15) is 32.8 Å². The monoisotopic (exact) mass is 388 g/mol. The molecule has 1 saturated heterocycles. The second kappa shape index (κ2) is 8.71. The summed E-state index contributed by atoms with van der Waals surface area (Å²) in [5.41, 5.74) is 0.814. The van der Waals surface area contributed by atoms with Crippen molar-refractivity contribution in [3.05, 3.63) is 29.8 Å². The van der Waals surface area contributed by atoms with Crippen molar-refractivity contribution >= 4 is 12.1 Å². The molecule has 2 heterocycles. The Labute approximate surface area is 167 Å². The molecule has 1 amide bonds. The SMILES string of the molecule is COc1cccc(CCCNC2=NCC3CN(C(=O)OC(C)(C)C)CCN23)c1. The maximum atomic E-state index is 12.3. The first kappa shape index (κ1) is 20.3. The van der Waals surface area contributed by atoms with Gasteiger partial charge in [-0.3, -0.25) is 4.99 Å². The molecule has 1 aromatic carbocycles. The number of piperazine rings is 1. The van der Waals surface area contributed by atoms with E-state index in [1.807, 2.05) is 32.9 Å². The van der Waals surface area contributed by atoms with Gasteiger partial charge >= 0.3 is 6.09 Å². The summed E-state index contributed by atoms with van der Waals surface area (Å²) >= 11 is 0. The predicted molar refractivity (Wildman–Crippen MR) is 110 cm³/mol. The highest BCUT2D eigenvalue weighted by molar-refractivity contribution is 5.82. The third-order valence-corrected chi connectivity index (χ3v) is 4.92. The van der Waals surface area contributed by atoms with Gasteiger partial charge in [-0.2, -0.15) is 0 Å². The number of fused-ring (bicyclic) bond motifs is 1. The molecule has 0 aliphatic carbocycles. The first-order chi connectivity index (χ1) is 13.4. The third kappa shape index (κ3) is 5.30. The van der Waals surface area contributed by atoms with Crippen molar-refractivity contribution in [2.24, 2.45) is 4.99 Å². The molecule has 154 valence electrons. The van der Waals surface area contributed by atoms with Crippen LogP contribution in [0, 0.1) is 0 Å². The molecule has 0 saturated carbocycles. The number of nitrogens with one attached hydrogen (secondary N) is 1. The van der Waals surface area contributed by atoms with E-state index in [9.17, 15) is 4.79 Å². The van der Waals surface area contributed by atoms with Crippen molar-refractivity contribution < 1.29 is 14.3 Å². The lowest BCUT2D eigenvalue weighted by molar-refractivity contribution is 0.0137. The minimum atomic E-state index is -0.462. The topological polar surface area (TPSA) is 66.4 Å². The Morgan fingerprint density at radius 1 is 1.32 bits per heavy atom. The number of hydrogen-bond acceptors (Lipinski definition) is 6. The van der Waals surface area contributed by atoms with Crippen molar-refractivity contribution in [3.63, 3.8) is 0 Å². The van der Waals surface area contributed by atoms with Crippen molar-refractivity contribution in [3.8, 4) is 5.75 Å². The fourth-order valence-corrected chi connectivity index (χ4v) is 3.54. The first-order valence-electron chi connectivity index (χ1n) is 10.0. The molecule has 1 atom stereocenters. The van der Waals surface area contributed by atoms with Gasteiger partial charge in [-0.1, -0.05) is 12.1 Å². The molecule has 1 fully saturated rings. The fourth-order valence-electron chi connectivity index (χ4n) is 3.54. The van der Waals surface area contributed by atoms with Crippen molar-refractivity contribution in [1.29, 1.82) is 0 Å². The molecule has 2 aliphatic heterocycles. The third-order valence-electron chi connectivity index (χ3n) is 4.92. The van der Waals surface area contributed by atoms with Gasteiger partial charge in [-0.15, -0.1) is 0 Å². The van der Waals surface area contributed by atoms with Gasteiger partial charge in [0.2, 0.25) is 0 Å². The number of carbonyl (C=O) groups is 1. The molecule has 1 N–H and O–H groups in total. The number of aliphatic imine (C=N–C) groups is 1. The zero-order chi connectivity index (χ0) is 20.1. The number of aryl methyl sites for hydroxylation is 1. The van der Waals surface area contributed by atoms with Crippen LogP contribution in [-0.2, 0) is 11.2 Å². The Balaban J connectivity index is 1.41. The molecule has 1 aromatic rings. The standard InChI is InChI=1S/C21H32N4O3/c1-21(2,3)28-20(26)24-11-12-25-17(15-24)14-23-19(25)22-10-6-8-16-7-5-9-18(13-16)27-4/h5,7,9,13,17H,6,8,10-12,14-15H2,1-4H3,(H,22,23). The summed E-state index contributed by atoms with van der Waals surface area (Å²) in [5.74, 6) is 1.86. The van der Waals surface area contributed by atoms with Gasteiger partial charge in [0.1, 0.15) is 11.4 Å². The van der Waals surface area contributed by atoms with Crippen LogP contribution in [0.25, 0.3) is 0 Å². The highest BCUT2D eigenvalue weighted by atomic mass is 16.6. The lowest BCUT2D eigenvalue weighted by Crippen LogP contribution is -2.57. The molecule has 0 radical (unpaired) electrons. The number of hydrogen-bond donors (Lipinski definition) is 1. The van der Waals surface area contributed by atoms with Crippen molar-refractivity contribution in [1.82, 2.24) is 15.1 Å². The normalized spacial score (nSPS) is 19.1. The quantitative estimate of drug-likeness (QED) is 0.785. The van der Waals surface area contributed by atoms with E-state index in [-0.39, 0.29) is 12.1 Å². The fraction of sp³-hybridized carbons (Fsp3) is 0.619. The average molecular weight is 389 g/mol. The second-order valence-electron chi connectivity index (χ2n) is 8.32. The molecular formula is C21H32N4O3. The lowest BCUT2D eigenvalue weighted by Gasteiger charge is -2.39. The van der Waals surface area contributed by atoms with Crippen LogP contribution in [0.2, 0.25) is 0 Å². The molecule has 0 bridgehead atoms. The molecule has 1 unspecified atom stereocenters. The van der Waals surface area contributed by atoms with E-state index in [1.165, 1.54) is 5.56 Å². The van der Waals surface area contributed by atoms with E-state index in [0.717, 1.165) is 44.2 Å². The van der Waals surface area contributed by atoms with Crippen LogP contribution in [-0.4, -0.2) is 73.3 Å². The summed E-state index contributed by atoms with van der Waals surface area (Å²) in [6.45, 7) is 9.38. The Morgan fingerprint density at radius 2 is 2.14 bits per heavy atom. The number of methoxy groups -OCH3 is 1. The summed E-state index contributed by atoms with van der Waals surface area (Å²) in [5, 5.41) is 3.47. The zero-order valence-electron chi connectivity index (χ0n) is 17.4. The highest BCUT2D eigenvalue weighted by Gasteiger charge is 2.36. The van der Waals surface area contributed by atoms with Gasteiger partial charge in [0.05, 0.1) is 19.7 Å². The molecule has 2 aliphatic rings. The van der Waals surface area contributed by atoms with Gasteiger partial charge < -0.3 is 24.6 Å². The van der Waals surface area contributed by atoms with Crippen LogP contribution in [0.3, 0.4) is 0 Å². The number of carbonyl (C=O) groups excluding carboxylic acids is 1. The van der Waals surface area contributed by atoms with Gasteiger partial charge in [0, 0.05) is 26.2 Å². The van der Waals surface area contributed by atoms with Gasteiger partial charge in [-0.25, -0.2) is 4.79 Å². The van der Waals surface area contributed by atoms with Crippen LogP contribution >= 0.6 is 0 Å². The van der Waals surface area contributed by atoms with Crippen molar-refractivity contribution in [2.75, 3.05) is 39.8 Å². The predicted octanol–water partition coefficient (Wildman–Crippen LogP) is 2.51. The summed E-state index contributed by atoms with van der Waals surface area (Å²) < 4.78 is 10.8. The molecule has 3 rings (SSSR count). The van der Waals surface area contributed by atoms with Crippen LogP contribution < -0.4 is 10.1 Å². The van der Waals surface area contributed by atoms with Crippen LogP contribution in [0.5, 0.6) is 5.75 Å². The summed E-state index contributed by atoms with van der Waals surface area (Å²) in [4.78, 5) is 21.0. The number of benzene rings is 1. The molecule has 0 spiro atoms. The number of amides is 1. The summed E-state index contributed by atoms with van der Waals surface area (Å²) in [7, 11) is 1.69. The van der Waals surface area contributed by atoms with Gasteiger partial charge in [0.25, 0.3) is 0 Å². The Morgan fingerprint density at radius 3 is 2.89 bits per heavy atom. The largest absolute Gasteiger partial charge is 0.497 e. The van der Waals surface area contributed by atoms with E-state index >= 15 is 0 Å². The summed E-state index contributed by atoms with van der Waals surface area (Å²) in [6.07, 6.45) is 1.79. The van der Waals surface area contributed by atoms with Crippen molar-refractivity contribution in [2.45, 2.75) is 45.3 Å². The summed E-state index contributed by atoms with van der Waals surface area (Å²) in [6, 6.07) is 8.44. The number of ether oxygens (including phenoxy) is 2. The first-order valence-corrected chi connectivity index (χ1v) is 10.0. The lowest BCUT2D eigenvalue weighted by atomic mass is 10.1. The number of guanidine groups is 1. The zero-order valence-corrected chi connectivity index (χ0v) is 17.4. The van der Waals surface area contributed by atoms with E-state index < -0.39 is 5.60 Å². The van der Waals surface area contributed by atoms with Crippen LogP contribution in [0.15, 0.2) is 29.3 Å². The number of nitrogens with zero attached hydrogens (tertiary/aromatic N) is 3. The smallest absolute Gasteiger partial charge is 0.410 e. The maximum Gasteiger partial charge on any atom is 0.410 e. The van der Waals surface area contributed by atoms with Gasteiger partial charge in [-0.05, 0) is 51.3 Å². The molecule has 0 aromatic heterocycles. The Bertz CT molecular complexity index is 714. The molecule has 7 nitrogen and oxygen atoms in total. The molecule has 28 heavy (non-hydrogen) atoms. The average Bonchev–Trinajstić information content (AvgIpc) is 3.06.